The Morgan fingerprint density at radius 1 is 1.33 bits per heavy atom. The zero-order valence-electron chi connectivity index (χ0n) is 11.3. The van der Waals surface area contributed by atoms with E-state index in [0.29, 0.717) is 5.95 Å². The van der Waals surface area contributed by atoms with Gasteiger partial charge in [0, 0.05) is 19.8 Å². The predicted molar refractivity (Wildman–Crippen MR) is 80.2 cm³/mol. The molecule has 0 aromatic carbocycles. The van der Waals surface area contributed by atoms with Crippen molar-refractivity contribution in [3.8, 4) is 0 Å². The lowest BCUT2D eigenvalue weighted by Gasteiger charge is -2.18. The van der Waals surface area contributed by atoms with Crippen LogP contribution >= 0.6 is 15.9 Å². The van der Waals surface area contributed by atoms with Crippen molar-refractivity contribution in [1.29, 1.82) is 0 Å². The molecule has 0 fully saturated rings. The maximum atomic E-state index is 4.35. The SMILES string of the molecule is CCN(CC)CCCNc1nc(NC)ncc1Br. The Morgan fingerprint density at radius 3 is 2.67 bits per heavy atom. The minimum Gasteiger partial charge on any atom is -0.369 e. The van der Waals surface area contributed by atoms with E-state index in [4.69, 9.17) is 0 Å². The number of nitrogens with one attached hydrogen (secondary N) is 2. The first-order valence-electron chi connectivity index (χ1n) is 6.37. The van der Waals surface area contributed by atoms with Crippen LogP contribution in [-0.4, -0.2) is 48.1 Å². The topological polar surface area (TPSA) is 53.1 Å². The molecule has 0 amide bonds. The molecule has 102 valence electrons. The van der Waals surface area contributed by atoms with Gasteiger partial charge < -0.3 is 15.5 Å². The maximum Gasteiger partial charge on any atom is 0.224 e. The fourth-order valence-electron chi connectivity index (χ4n) is 1.66. The molecule has 0 spiro atoms. The van der Waals surface area contributed by atoms with Gasteiger partial charge in [-0.2, -0.15) is 4.98 Å². The third-order valence-corrected chi connectivity index (χ3v) is 3.39. The van der Waals surface area contributed by atoms with Gasteiger partial charge in [0.25, 0.3) is 0 Å². The quantitative estimate of drug-likeness (QED) is 0.722. The van der Waals surface area contributed by atoms with Crippen LogP contribution in [0.2, 0.25) is 0 Å². The largest absolute Gasteiger partial charge is 0.369 e. The van der Waals surface area contributed by atoms with Gasteiger partial charge >= 0.3 is 0 Å². The summed E-state index contributed by atoms with van der Waals surface area (Å²) in [5, 5.41) is 6.26. The molecule has 0 aliphatic carbocycles. The van der Waals surface area contributed by atoms with Gasteiger partial charge in [0.15, 0.2) is 0 Å². The van der Waals surface area contributed by atoms with E-state index >= 15 is 0 Å². The number of halogens is 1. The fraction of sp³-hybridized carbons (Fsp3) is 0.667. The molecule has 1 aromatic heterocycles. The van der Waals surface area contributed by atoms with Crippen molar-refractivity contribution in [3.63, 3.8) is 0 Å². The molecule has 0 unspecified atom stereocenters. The number of hydrogen-bond donors (Lipinski definition) is 2. The van der Waals surface area contributed by atoms with Crippen LogP contribution in [0, 0.1) is 0 Å². The van der Waals surface area contributed by atoms with E-state index < -0.39 is 0 Å². The van der Waals surface area contributed by atoms with Gasteiger partial charge in [0.05, 0.1) is 4.47 Å². The van der Waals surface area contributed by atoms with E-state index in [0.717, 1.165) is 42.9 Å². The van der Waals surface area contributed by atoms with Crippen molar-refractivity contribution in [2.75, 3.05) is 43.9 Å². The fourth-order valence-corrected chi connectivity index (χ4v) is 1.99. The van der Waals surface area contributed by atoms with E-state index in [1.165, 1.54) is 0 Å². The first-order valence-corrected chi connectivity index (χ1v) is 7.17. The summed E-state index contributed by atoms with van der Waals surface area (Å²) in [6.07, 6.45) is 2.86. The second-order valence-corrected chi connectivity index (χ2v) is 4.80. The molecule has 0 bridgehead atoms. The summed E-state index contributed by atoms with van der Waals surface area (Å²) < 4.78 is 0.893. The minimum absolute atomic E-state index is 0.629. The number of anilines is 2. The molecular formula is C12H22BrN5. The zero-order valence-corrected chi connectivity index (χ0v) is 12.9. The standard InChI is InChI=1S/C12H22BrN5/c1-4-18(5-2)8-6-7-15-11-10(13)9-16-12(14-3)17-11/h9H,4-8H2,1-3H3,(H2,14,15,16,17). The molecular weight excluding hydrogens is 294 g/mol. The molecule has 18 heavy (non-hydrogen) atoms. The van der Waals surface area contributed by atoms with E-state index in [-0.39, 0.29) is 0 Å². The van der Waals surface area contributed by atoms with Crippen molar-refractivity contribution in [2.24, 2.45) is 0 Å². The average Bonchev–Trinajstić information content (AvgIpc) is 2.41. The van der Waals surface area contributed by atoms with Gasteiger partial charge in [-0.05, 0) is 42.0 Å². The molecule has 5 nitrogen and oxygen atoms in total. The van der Waals surface area contributed by atoms with Crippen LogP contribution in [-0.2, 0) is 0 Å². The van der Waals surface area contributed by atoms with Crippen molar-refractivity contribution in [2.45, 2.75) is 20.3 Å². The molecule has 2 N–H and O–H groups in total. The summed E-state index contributed by atoms with van der Waals surface area (Å²) >= 11 is 3.44. The first-order chi connectivity index (χ1) is 8.71. The summed E-state index contributed by atoms with van der Waals surface area (Å²) in [4.78, 5) is 10.9. The van der Waals surface area contributed by atoms with Crippen LogP contribution < -0.4 is 10.6 Å². The Morgan fingerprint density at radius 2 is 2.06 bits per heavy atom. The molecule has 0 radical (unpaired) electrons. The van der Waals surface area contributed by atoms with Gasteiger partial charge in [-0.3, -0.25) is 0 Å². The Balaban J connectivity index is 2.39. The summed E-state index contributed by atoms with van der Waals surface area (Å²) in [5.74, 6) is 1.47. The summed E-state index contributed by atoms with van der Waals surface area (Å²) in [5.41, 5.74) is 0. The Bertz CT molecular complexity index is 354. The molecule has 0 saturated heterocycles. The Labute approximate surface area is 118 Å². The molecule has 1 heterocycles. The van der Waals surface area contributed by atoms with Gasteiger partial charge in [-0.25, -0.2) is 4.98 Å². The number of hydrogen-bond acceptors (Lipinski definition) is 5. The molecule has 0 aliphatic heterocycles. The molecule has 0 atom stereocenters. The third kappa shape index (κ3) is 4.78. The second kappa shape index (κ2) is 8.26. The number of aromatic nitrogens is 2. The minimum atomic E-state index is 0.629. The second-order valence-electron chi connectivity index (χ2n) is 3.95. The van der Waals surface area contributed by atoms with E-state index in [2.05, 4.69) is 55.3 Å². The summed E-state index contributed by atoms with van der Waals surface area (Å²) in [7, 11) is 1.81. The first kappa shape index (κ1) is 15.2. The highest BCUT2D eigenvalue weighted by Crippen LogP contribution is 2.19. The van der Waals surface area contributed by atoms with Crippen molar-refractivity contribution < 1.29 is 0 Å². The van der Waals surface area contributed by atoms with Crippen molar-refractivity contribution in [1.82, 2.24) is 14.9 Å². The van der Waals surface area contributed by atoms with Crippen LogP contribution in [0.3, 0.4) is 0 Å². The molecule has 0 saturated carbocycles. The normalized spacial score (nSPS) is 10.7. The van der Waals surface area contributed by atoms with E-state index in [1.54, 1.807) is 6.20 Å². The van der Waals surface area contributed by atoms with Crippen LogP contribution in [0.1, 0.15) is 20.3 Å². The molecule has 1 rings (SSSR count). The lowest BCUT2D eigenvalue weighted by atomic mass is 10.3. The monoisotopic (exact) mass is 315 g/mol. The molecule has 0 aliphatic rings. The van der Waals surface area contributed by atoms with Gasteiger partial charge in [-0.15, -0.1) is 0 Å². The van der Waals surface area contributed by atoms with Crippen LogP contribution in [0.5, 0.6) is 0 Å². The zero-order chi connectivity index (χ0) is 13.4. The predicted octanol–water partition coefficient (Wildman–Crippen LogP) is 2.42. The highest BCUT2D eigenvalue weighted by atomic mass is 79.9. The molecule has 1 aromatic rings. The number of nitrogens with zero attached hydrogens (tertiary/aromatic N) is 3. The lowest BCUT2D eigenvalue weighted by molar-refractivity contribution is 0.303. The third-order valence-electron chi connectivity index (χ3n) is 2.81. The lowest BCUT2D eigenvalue weighted by Crippen LogP contribution is -2.25. The van der Waals surface area contributed by atoms with Crippen LogP contribution in [0.25, 0.3) is 0 Å². The Hall–Kier alpha value is -0.880. The molecule has 6 heteroatoms. The van der Waals surface area contributed by atoms with Gasteiger partial charge in [0.2, 0.25) is 5.95 Å². The van der Waals surface area contributed by atoms with Crippen molar-refractivity contribution in [3.05, 3.63) is 10.7 Å². The van der Waals surface area contributed by atoms with Crippen LogP contribution in [0.4, 0.5) is 11.8 Å². The highest BCUT2D eigenvalue weighted by Gasteiger charge is 2.04. The van der Waals surface area contributed by atoms with E-state index in [9.17, 15) is 0 Å². The summed E-state index contributed by atoms with van der Waals surface area (Å²) in [6, 6.07) is 0. The van der Waals surface area contributed by atoms with Gasteiger partial charge in [-0.1, -0.05) is 13.8 Å². The average molecular weight is 316 g/mol. The maximum absolute atomic E-state index is 4.35. The van der Waals surface area contributed by atoms with E-state index in [1.807, 2.05) is 7.05 Å². The van der Waals surface area contributed by atoms with Crippen molar-refractivity contribution >= 4 is 27.7 Å². The number of rotatable bonds is 8. The van der Waals surface area contributed by atoms with Crippen LogP contribution in [0.15, 0.2) is 10.7 Å². The summed E-state index contributed by atoms with van der Waals surface area (Å²) in [6.45, 7) is 8.63. The smallest absolute Gasteiger partial charge is 0.224 e. The Kier molecular flexibility index (Phi) is 6.97. The van der Waals surface area contributed by atoms with Gasteiger partial charge in [0.1, 0.15) is 5.82 Å². The highest BCUT2D eigenvalue weighted by molar-refractivity contribution is 9.10.